The predicted molar refractivity (Wildman–Crippen MR) is 73.4 cm³/mol. The first-order valence-electron chi connectivity index (χ1n) is 4.40. The fourth-order valence-corrected chi connectivity index (χ4v) is 3.74. The third-order valence-electron chi connectivity index (χ3n) is 2.07. The fraction of sp³-hybridized carbons (Fsp3) is 0. The molecule has 0 aliphatic heterocycles. The van der Waals surface area contributed by atoms with Crippen molar-refractivity contribution < 1.29 is 0 Å². The van der Waals surface area contributed by atoms with E-state index in [0.29, 0.717) is 11.0 Å². The van der Waals surface area contributed by atoms with E-state index in [4.69, 9.17) is 11.6 Å². The molecule has 3 aromatic rings. The molecule has 0 saturated heterocycles. The number of rotatable bonds is 1. The van der Waals surface area contributed by atoms with Gasteiger partial charge in [-0.05, 0) is 39.5 Å². The Hall–Kier alpha value is -0.490. The zero-order valence-corrected chi connectivity index (χ0v) is 11.8. The number of halogens is 2. The molecule has 0 bridgehead atoms. The normalized spacial score (nSPS) is 11.1. The van der Waals surface area contributed by atoms with Crippen molar-refractivity contribution in [3.05, 3.63) is 32.5 Å². The summed E-state index contributed by atoms with van der Waals surface area (Å²) in [6, 6.07) is 5.91. The van der Waals surface area contributed by atoms with Crippen LogP contribution in [0.2, 0.25) is 5.15 Å². The molecule has 3 rings (SSSR count). The summed E-state index contributed by atoms with van der Waals surface area (Å²) in [6.07, 6.45) is 0. The van der Waals surface area contributed by atoms with Crippen LogP contribution in [-0.2, 0) is 0 Å². The van der Waals surface area contributed by atoms with E-state index in [1.54, 1.807) is 22.7 Å². The summed E-state index contributed by atoms with van der Waals surface area (Å²) < 4.78 is 1.06. The summed E-state index contributed by atoms with van der Waals surface area (Å²) in [5.74, 6) is 0.690. The van der Waals surface area contributed by atoms with Crippen molar-refractivity contribution in [2.45, 2.75) is 0 Å². The number of thiophene rings is 2. The molecule has 0 atom stereocenters. The zero-order valence-electron chi connectivity index (χ0n) is 7.78. The van der Waals surface area contributed by atoms with Gasteiger partial charge in [0.05, 0.1) is 8.66 Å². The number of nitrogens with zero attached hydrogens (tertiary/aromatic N) is 2. The van der Waals surface area contributed by atoms with E-state index in [0.717, 1.165) is 18.9 Å². The first-order valence-corrected chi connectivity index (χ1v) is 7.27. The molecule has 16 heavy (non-hydrogen) atoms. The standard InChI is InChI=1S/C10H4BrClN2S2/c11-7-2-1-6(16-7)9-13-8(12)5-3-4-15-10(5)14-9/h1-4H. The summed E-state index contributed by atoms with van der Waals surface area (Å²) >= 11 is 12.7. The minimum atomic E-state index is 0.519. The van der Waals surface area contributed by atoms with Crippen LogP contribution in [0.1, 0.15) is 0 Å². The van der Waals surface area contributed by atoms with Crippen molar-refractivity contribution >= 4 is 60.4 Å². The van der Waals surface area contributed by atoms with Crippen LogP contribution in [0.3, 0.4) is 0 Å². The lowest BCUT2D eigenvalue weighted by Crippen LogP contribution is -1.86. The predicted octanol–water partition coefficient (Wildman–Crippen LogP) is 4.84. The minimum absolute atomic E-state index is 0.519. The van der Waals surface area contributed by atoms with Gasteiger partial charge < -0.3 is 0 Å². The van der Waals surface area contributed by atoms with E-state index in [1.807, 2.05) is 23.6 Å². The lowest BCUT2D eigenvalue weighted by atomic mass is 10.4. The van der Waals surface area contributed by atoms with Gasteiger partial charge in [0.2, 0.25) is 0 Å². The average Bonchev–Trinajstić information content (AvgIpc) is 2.85. The molecule has 0 spiro atoms. The molecule has 0 saturated carbocycles. The van der Waals surface area contributed by atoms with Gasteiger partial charge in [0.25, 0.3) is 0 Å². The molecule has 0 aliphatic rings. The summed E-state index contributed by atoms with van der Waals surface area (Å²) in [7, 11) is 0. The monoisotopic (exact) mass is 330 g/mol. The smallest absolute Gasteiger partial charge is 0.172 e. The van der Waals surface area contributed by atoms with Crippen LogP contribution in [0.5, 0.6) is 0 Å². The van der Waals surface area contributed by atoms with Crippen LogP contribution in [0, 0.1) is 0 Å². The van der Waals surface area contributed by atoms with E-state index in [-0.39, 0.29) is 0 Å². The highest BCUT2D eigenvalue weighted by molar-refractivity contribution is 9.11. The Labute approximate surface area is 113 Å². The maximum atomic E-state index is 6.11. The molecule has 2 nitrogen and oxygen atoms in total. The van der Waals surface area contributed by atoms with Crippen LogP contribution in [-0.4, -0.2) is 9.97 Å². The van der Waals surface area contributed by atoms with Crippen molar-refractivity contribution in [2.24, 2.45) is 0 Å². The molecule has 6 heteroatoms. The highest BCUT2D eigenvalue weighted by atomic mass is 79.9. The Morgan fingerprint density at radius 3 is 2.81 bits per heavy atom. The molecular weight excluding hydrogens is 328 g/mol. The third kappa shape index (κ3) is 1.78. The van der Waals surface area contributed by atoms with Crippen LogP contribution >= 0.6 is 50.2 Å². The Balaban J connectivity index is 2.24. The molecule has 0 amide bonds. The Kier molecular flexibility index (Phi) is 2.71. The largest absolute Gasteiger partial charge is 0.216 e. The van der Waals surface area contributed by atoms with Crippen LogP contribution in [0.25, 0.3) is 20.9 Å². The van der Waals surface area contributed by atoms with Gasteiger partial charge in [-0.3, -0.25) is 0 Å². The van der Waals surface area contributed by atoms with Crippen molar-refractivity contribution in [2.75, 3.05) is 0 Å². The second kappa shape index (κ2) is 4.07. The van der Waals surface area contributed by atoms with Crippen LogP contribution in [0.15, 0.2) is 27.4 Å². The van der Waals surface area contributed by atoms with Gasteiger partial charge >= 0.3 is 0 Å². The van der Waals surface area contributed by atoms with Gasteiger partial charge in [-0.15, -0.1) is 22.7 Å². The molecule has 3 aromatic heterocycles. The SMILES string of the molecule is Clc1nc(-c2ccc(Br)s2)nc2sccc12. The number of hydrogen-bond acceptors (Lipinski definition) is 4. The molecule has 0 N–H and O–H groups in total. The van der Waals surface area contributed by atoms with Crippen molar-refractivity contribution in [3.63, 3.8) is 0 Å². The molecular formula is C10H4BrClN2S2. The van der Waals surface area contributed by atoms with E-state index in [1.165, 1.54) is 0 Å². The van der Waals surface area contributed by atoms with Crippen molar-refractivity contribution in [1.29, 1.82) is 0 Å². The molecule has 0 radical (unpaired) electrons. The maximum absolute atomic E-state index is 6.11. The number of aromatic nitrogens is 2. The minimum Gasteiger partial charge on any atom is -0.216 e. The molecule has 0 aromatic carbocycles. The first-order chi connectivity index (χ1) is 7.74. The maximum Gasteiger partial charge on any atom is 0.172 e. The second-order valence-corrected chi connectivity index (χ2v) is 6.80. The first kappa shape index (κ1) is 10.7. The quantitative estimate of drug-likeness (QED) is 0.597. The lowest BCUT2D eigenvalue weighted by Gasteiger charge is -1.98. The summed E-state index contributed by atoms with van der Waals surface area (Å²) in [5, 5.41) is 3.41. The van der Waals surface area contributed by atoms with Crippen molar-refractivity contribution in [3.8, 4) is 10.7 Å². The van der Waals surface area contributed by atoms with Crippen molar-refractivity contribution in [1.82, 2.24) is 9.97 Å². The summed E-state index contributed by atoms with van der Waals surface area (Å²) in [4.78, 5) is 10.7. The van der Waals surface area contributed by atoms with Gasteiger partial charge in [-0.1, -0.05) is 11.6 Å². The van der Waals surface area contributed by atoms with Crippen LogP contribution < -0.4 is 0 Å². The lowest BCUT2D eigenvalue weighted by molar-refractivity contribution is 1.25. The zero-order chi connectivity index (χ0) is 11.1. The van der Waals surface area contributed by atoms with Crippen LogP contribution in [0.4, 0.5) is 0 Å². The number of hydrogen-bond donors (Lipinski definition) is 0. The fourth-order valence-electron chi connectivity index (χ4n) is 1.36. The van der Waals surface area contributed by atoms with E-state index in [9.17, 15) is 0 Å². The highest BCUT2D eigenvalue weighted by Gasteiger charge is 2.10. The number of fused-ring (bicyclic) bond motifs is 1. The van der Waals surface area contributed by atoms with Gasteiger partial charge in [0, 0.05) is 5.39 Å². The Bertz CT molecular complexity index is 662. The second-order valence-electron chi connectivity index (χ2n) is 3.08. The van der Waals surface area contributed by atoms with Gasteiger partial charge in [0.15, 0.2) is 5.82 Å². The molecule has 3 heterocycles. The van der Waals surface area contributed by atoms with E-state index < -0.39 is 0 Å². The summed E-state index contributed by atoms with van der Waals surface area (Å²) in [5.41, 5.74) is 0. The van der Waals surface area contributed by atoms with Gasteiger partial charge in [0.1, 0.15) is 9.98 Å². The van der Waals surface area contributed by atoms with E-state index >= 15 is 0 Å². The van der Waals surface area contributed by atoms with Gasteiger partial charge in [-0.25, -0.2) is 9.97 Å². The molecule has 0 unspecified atom stereocenters. The third-order valence-corrected chi connectivity index (χ3v) is 4.79. The molecule has 0 fully saturated rings. The average molecular weight is 332 g/mol. The summed E-state index contributed by atoms with van der Waals surface area (Å²) in [6.45, 7) is 0. The van der Waals surface area contributed by atoms with Gasteiger partial charge in [-0.2, -0.15) is 0 Å². The highest BCUT2D eigenvalue weighted by Crippen LogP contribution is 2.32. The topological polar surface area (TPSA) is 25.8 Å². The Morgan fingerprint density at radius 1 is 1.19 bits per heavy atom. The molecule has 80 valence electrons. The van der Waals surface area contributed by atoms with E-state index in [2.05, 4.69) is 25.9 Å². The molecule has 0 aliphatic carbocycles. The Morgan fingerprint density at radius 2 is 2.06 bits per heavy atom.